The minimum atomic E-state index is 0. The van der Waals surface area contributed by atoms with Crippen molar-refractivity contribution < 1.29 is 21.8 Å². The van der Waals surface area contributed by atoms with Gasteiger partial charge in [0.05, 0.1) is 12.7 Å². The number of para-hydroxylation sites is 2. The third kappa shape index (κ3) is 4.27. The molecule has 27 heavy (non-hydrogen) atoms. The van der Waals surface area contributed by atoms with Crippen LogP contribution in [-0.4, -0.2) is 12.2 Å². The normalized spacial score (nSPS) is 10.1. The summed E-state index contributed by atoms with van der Waals surface area (Å²) in [6, 6.07) is 28.3. The van der Waals surface area contributed by atoms with Crippen molar-refractivity contribution in [2.24, 2.45) is 0 Å². The molecule has 0 fully saturated rings. The maximum Gasteiger partial charge on any atom is 0.304 e. The van der Waals surface area contributed by atoms with Crippen molar-refractivity contribution in [1.29, 1.82) is 0 Å². The Hall–Kier alpha value is -2.89. The minimum absolute atomic E-state index is 0. The molecule has 0 amide bonds. The number of halogens is 1. The summed E-state index contributed by atoms with van der Waals surface area (Å²) in [4.78, 5) is 0. The molecule has 4 rings (SSSR count). The number of nitrogens with zero attached hydrogens (tertiary/aromatic N) is 2. The SMILES string of the molecule is COc1ccc(-c2sc(Nc3ccccc3)n[n+]2-c2ccccc2)cc1.[Cl-]. The van der Waals surface area contributed by atoms with E-state index in [1.54, 1.807) is 18.4 Å². The zero-order chi connectivity index (χ0) is 17.8. The van der Waals surface area contributed by atoms with Gasteiger partial charge in [0, 0.05) is 22.9 Å². The summed E-state index contributed by atoms with van der Waals surface area (Å²) < 4.78 is 7.24. The van der Waals surface area contributed by atoms with E-state index in [0.29, 0.717) is 0 Å². The van der Waals surface area contributed by atoms with Crippen molar-refractivity contribution in [2.45, 2.75) is 0 Å². The van der Waals surface area contributed by atoms with Crippen LogP contribution in [0.2, 0.25) is 0 Å². The Morgan fingerprint density at radius 1 is 0.852 bits per heavy atom. The van der Waals surface area contributed by atoms with E-state index in [9.17, 15) is 0 Å². The van der Waals surface area contributed by atoms with Gasteiger partial charge in [-0.15, -0.1) is 0 Å². The largest absolute Gasteiger partial charge is 1.00 e. The quantitative estimate of drug-likeness (QED) is 0.524. The van der Waals surface area contributed by atoms with Crippen LogP contribution in [0.4, 0.5) is 10.8 Å². The summed E-state index contributed by atoms with van der Waals surface area (Å²) >= 11 is 1.62. The summed E-state index contributed by atoms with van der Waals surface area (Å²) in [7, 11) is 1.67. The van der Waals surface area contributed by atoms with Gasteiger partial charge in [-0.05, 0) is 52.4 Å². The number of aromatic nitrogens is 2. The maximum atomic E-state index is 5.27. The van der Waals surface area contributed by atoms with Gasteiger partial charge in [0.15, 0.2) is 0 Å². The summed E-state index contributed by atoms with van der Waals surface area (Å²) in [6.07, 6.45) is 0. The molecule has 1 heterocycles. The first kappa shape index (κ1) is 18.9. The van der Waals surface area contributed by atoms with E-state index in [4.69, 9.17) is 9.84 Å². The topological polar surface area (TPSA) is 38.0 Å². The van der Waals surface area contributed by atoms with Crippen LogP contribution in [0, 0.1) is 0 Å². The van der Waals surface area contributed by atoms with E-state index in [1.165, 1.54) is 0 Å². The molecule has 1 N–H and O–H groups in total. The van der Waals surface area contributed by atoms with Crippen molar-refractivity contribution in [2.75, 3.05) is 12.4 Å². The molecule has 0 aliphatic rings. The second-order valence-electron chi connectivity index (χ2n) is 5.68. The number of benzene rings is 3. The number of rotatable bonds is 5. The second kappa shape index (κ2) is 8.66. The Balaban J connectivity index is 0.00000210. The van der Waals surface area contributed by atoms with Gasteiger partial charge in [0.2, 0.25) is 5.69 Å². The fraction of sp³-hybridized carbons (Fsp3) is 0.0476. The smallest absolute Gasteiger partial charge is 0.304 e. The predicted molar refractivity (Wildman–Crippen MR) is 105 cm³/mol. The highest BCUT2D eigenvalue weighted by molar-refractivity contribution is 7.18. The number of ether oxygens (including phenoxy) is 1. The highest BCUT2D eigenvalue weighted by Gasteiger charge is 2.24. The molecule has 4 nitrogen and oxygen atoms in total. The van der Waals surface area contributed by atoms with Crippen LogP contribution < -0.4 is 27.1 Å². The Bertz CT molecular complexity index is 989. The van der Waals surface area contributed by atoms with Gasteiger partial charge < -0.3 is 22.5 Å². The molecule has 1 aromatic heterocycles. The van der Waals surface area contributed by atoms with Crippen molar-refractivity contribution in [1.82, 2.24) is 5.10 Å². The minimum Gasteiger partial charge on any atom is -1.00 e. The van der Waals surface area contributed by atoms with E-state index in [1.807, 2.05) is 65.3 Å². The fourth-order valence-corrected chi connectivity index (χ4v) is 3.61. The summed E-state index contributed by atoms with van der Waals surface area (Å²) in [5, 5.41) is 10.1. The summed E-state index contributed by atoms with van der Waals surface area (Å²) in [6.45, 7) is 0. The number of methoxy groups -OCH3 is 1. The Morgan fingerprint density at radius 2 is 1.48 bits per heavy atom. The number of anilines is 2. The van der Waals surface area contributed by atoms with Gasteiger partial charge in [-0.25, -0.2) is 0 Å². The standard InChI is InChI=1S/C21H18N3OS.ClH/c1-25-19-14-12-16(13-15-19)20-24(18-10-6-3-7-11-18)23-21(26-20)22-17-8-4-2-5-9-17;/h2-15H,1H3,(H,22,23);1H/q+1;/p-1. The first-order chi connectivity index (χ1) is 12.8. The van der Waals surface area contributed by atoms with Crippen LogP contribution in [0.25, 0.3) is 16.3 Å². The van der Waals surface area contributed by atoms with Gasteiger partial charge in [-0.2, -0.15) is 0 Å². The molecule has 4 aromatic rings. The lowest BCUT2D eigenvalue weighted by Crippen LogP contribution is -3.00. The van der Waals surface area contributed by atoms with Gasteiger partial charge in [-0.3, -0.25) is 0 Å². The van der Waals surface area contributed by atoms with Gasteiger partial charge in [-0.1, -0.05) is 36.4 Å². The lowest BCUT2D eigenvalue weighted by atomic mass is 10.2. The van der Waals surface area contributed by atoms with Crippen LogP contribution >= 0.6 is 11.3 Å². The first-order valence-corrected chi connectivity index (χ1v) is 9.10. The Kier molecular flexibility index (Phi) is 6.06. The Morgan fingerprint density at radius 3 is 2.11 bits per heavy atom. The first-order valence-electron chi connectivity index (χ1n) is 8.28. The molecule has 0 saturated carbocycles. The maximum absolute atomic E-state index is 5.27. The molecule has 6 heteroatoms. The third-order valence-electron chi connectivity index (χ3n) is 3.94. The average molecular weight is 396 g/mol. The fourth-order valence-electron chi connectivity index (χ4n) is 2.65. The second-order valence-corrected chi connectivity index (χ2v) is 6.66. The Labute approximate surface area is 168 Å². The monoisotopic (exact) mass is 395 g/mol. The van der Waals surface area contributed by atoms with Gasteiger partial charge in [0.1, 0.15) is 5.75 Å². The molecular weight excluding hydrogens is 378 g/mol. The highest BCUT2D eigenvalue weighted by atomic mass is 35.5. The average Bonchev–Trinajstić information content (AvgIpc) is 3.13. The predicted octanol–water partition coefficient (Wildman–Crippen LogP) is 1.84. The van der Waals surface area contributed by atoms with Crippen molar-refractivity contribution >= 4 is 22.2 Å². The molecular formula is C21H18ClN3OS. The molecule has 136 valence electrons. The van der Waals surface area contributed by atoms with E-state index in [2.05, 4.69) is 29.6 Å². The molecule has 0 spiro atoms. The summed E-state index contributed by atoms with van der Waals surface area (Å²) in [5.41, 5.74) is 3.13. The number of nitrogens with one attached hydrogen (secondary N) is 1. The molecule has 0 aliphatic heterocycles. The van der Waals surface area contributed by atoms with Crippen LogP contribution in [0.5, 0.6) is 5.75 Å². The van der Waals surface area contributed by atoms with Gasteiger partial charge in [0.25, 0.3) is 5.13 Å². The molecule has 0 saturated heterocycles. The molecule has 0 unspecified atom stereocenters. The summed E-state index contributed by atoms with van der Waals surface area (Å²) in [5.74, 6) is 0.840. The van der Waals surface area contributed by atoms with Gasteiger partial charge >= 0.3 is 5.01 Å². The number of hydrogen-bond acceptors (Lipinski definition) is 4. The van der Waals surface area contributed by atoms with Crippen molar-refractivity contribution in [3.05, 3.63) is 84.9 Å². The van der Waals surface area contributed by atoms with Crippen molar-refractivity contribution in [3.63, 3.8) is 0 Å². The lowest BCUT2D eigenvalue weighted by molar-refractivity contribution is -0.642. The van der Waals surface area contributed by atoms with Crippen LogP contribution in [0.3, 0.4) is 0 Å². The number of hydrogen-bond donors (Lipinski definition) is 1. The molecule has 0 aliphatic carbocycles. The molecule has 3 aromatic carbocycles. The zero-order valence-electron chi connectivity index (χ0n) is 14.7. The van der Waals surface area contributed by atoms with Crippen molar-refractivity contribution in [3.8, 4) is 22.0 Å². The van der Waals surface area contributed by atoms with E-state index >= 15 is 0 Å². The molecule has 0 bridgehead atoms. The molecule has 0 radical (unpaired) electrons. The van der Waals surface area contributed by atoms with E-state index in [0.717, 1.165) is 32.8 Å². The van der Waals surface area contributed by atoms with E-state index < -0.39 is 0 Å². The van der Waals surface area contributed by atoms with Crippen LogP contribution in [0.15, 0.2) is 84.9 Å². The van der Waals surface area contributed by atoms with Crippen LogP contribution in [0.1, 0.15) is 0 Å². The highest BCUT2D eigenvalue weighted by Crippen LogP contribution is 2.29. The lowest BCUT2D eigenvalue weighted by Gasteiger charge is -1.99. The third-order valence-corrected chi connectivity index (χ3v) is 4.92. The zero-order valence-corrected chi connectivity index (χ0v) is 16.2. The molecule has 0 atom stereocenters. The van der Waals surface area contributed by atoms with E-state index in [-0.39, 0.29) is 12.4 Å². The van der Waals surface area contributed by atoms with Crippen LogP contribution in [-0.2, 0) is 0 Å².